The summed E-state index contributed by atoms with van der Waals surface area (Å²) in [6, 6.07) is 9.31. The fourth-order valence-corrected chi connectivity index (χ4v) is 2.59. The molecule has 2 aromatic rings. The van der Waals surface area contributed by atoms with Crippen LogP contribution in [-0.4, -0.2) is 9.97 Å². The molecule has 0 saturated heterocycles. The lowest BCUT2D eigenvalue weighted by molar-refractivity contribution is 0.585. The van der Waals surface area contributed by atoms with Gasteiger partial charge < -0.3 is 4.98 Å². The SMILES string of the molecule is N#C/C(=C/C1CC=CCC1)c1nc2ccccc2c(=O)[nH]1. The van der Waals surface area contributed by atoms with Crippen LogP contribution < -0.4 is 5.56 Å². The van der Waals surface area contributed by atoms with Gasteiger partial charge in [0.05, 0.1) is 16.5 Å². The first-order valence-electron chi connectivity index (χ1n) is 7.04. The van der Waals surface area contributed by atoms with Gasteiger partial charge in [0.1, 0.15) is 6.07 Å². The first-order valence-corrected chi connectivity index (χ1v) is 7.04. The zero-order chi connectivity index (χ0) is 14.7. The number of benzene rings is 1. The van der Waals surface area contributed by atoms with Crippen molar-refractivity contribution in [2.24, 2.45) is 5.92 Å². The van der Waals surface area contributed by atoms with E-state index < -0.39 is 0 Å². The predicted octanol–water partition coefficient (Wildman–Crippen LogP) is 3.19. The van der Waals surface area contributed by atoms with Crippen LogP contribution in [0.5, 0.6) is 0 Å². The molecule has 1 aromatic heterocycles. The third-order valence-electron chi connectivity index (χ3n) is 3.70. The molecule has 0 saturated carbocycles. The topological polar surface area (TPSA) is 69.5 Å². The zero-order valence-corrected chi connectivity index (χ0v) is 11.5. The van der Waals surface area contributed by atoms with E-state index in [0.717, 1.165) is 19.3 Å². The van der Waals surface area contributed by atoms with Crippen LogP contribution in [0.2, 0.25) is 0 Å². The molecule has 1 aliphatic rings. The Hall–Kier alpha value is -2.67. The maximum atomic E-state index is 12.1. The van der Waals surface area contributed by atoms with Crippen LogP contribution in [0.25, 0.3) is 16.5 Å². The summed E-state index contributed by atoms with van der Waals surface area (Å²) in [7, 11) is 0. The van der Waals surface area contributed by atoms with Gasteiger partial charge in [-0.15, -0.1) is 0 Å². The summed E-state index contributed by atoms with van der Waals surface area (Å²) in [5.74, 6) is 0.692. The van der Waals surface area contributed by atoms with E-state index in [4.69, 9.17) is 0 Å². The van der Waals surface area contributed by atoms with Crippen LogP contribution in [0.3, 0.4) is 0 Å². The van der Waals surface area contributed by atoms with Gasteiger partial charge in [0, 0.05) is 0 Å². The predicted molar refractivity (Wildman–Crippen MR) is 82.4 cm³/mol. The van der Waals surface area contributed by atoms with Crippen LogP contribution in [0.15, 0.2) is 47.3 Å². The zero-order valence-electron chi connectivity index (χ0n) is 11.5. The van der Waals surface area contributed by atoms with Gasteiger partial charge in [-0.2, -0.15) is 5.26 Å². The number of rotatable bonds is 2. The van der Waals surface area contributed by atoms with Crippen molar-refractivity contribution < 1.29 is 0 Å². The minimum absolute atomic E-state index is 0.208. The number of aromatic amines is 1. The van der Waals surface area contributed by atoms with E-state index in [1.165, 1.54) is 0 Å². The van der Waals surface area contributed by atoms with Crippen molar-refractivity contribution >= 4 is 16.5 Å². The average molecular weight is 277 g/mol. The molecular weight excluding hydrogens is 262 g/mol. The molecule has 4 nitrogen and oxygen atoms in total. The summed E-state index contributed by atoms with van der Waals surface area (Å²) >= 11 is 0. The van der Waals surface area contributed by atoms with Crippen molar-refractivity contribution in [1.29, 1.82) is 5.26 Å². The summed E-state index contributed by atoms with van der Waals surface area (Å²) in [4.78, 5) is 19.2. The molecule has 4 heteroatoms. The number of H-pyrrole nitrogens is 1. The minimum atomic E-state index is -0.208. The van der Waals surface area contributed by atoms with Gasteiger partial charge in [0.2, 0.25) is 0 Å². The molecule has 1 aromatic carbocycles. The highest BCUT2D eigenvalue weighted by molar-refractivity contribution is 5.81. The Balaban J connectivity index is 2.05. The third-order valence-corrected chi connectivity index (χ3v) is 3.70. The summed E-state index contributed by atoms with van der Waals surface area (Å²) in [6.45, 7) is 0. The summed E-state index contributed by atoms with van der Waals surface area (Å²) < 4.78 is 0. The largest absolute Gasteiger partial charge is 0.305 e. The molecule has 1 heterocycles. The number of nitriles is 1. The Morgan fingerprint density at radius 1 is 1.38 bits per heavy atom. The van der Waals surface area contributed by atoms with E-state index >= 15 is 0 Å². The molecule has 1 atom stereocenters. The number of aromatic nitrogens is 2. The molecule has 1 aliphatic carbocycles. The van der Waals surface area contributed by atoms with Gasteiger partial charge in [-0.25, -0.2) is 4.98 Å². The first-order chi connectivity index (χ1) is 10.3. The van der Waals surface area contributed by atoms with E-state index in [2.05, 4.69) is 28.2 Å². The van der Waals surface area contributed by atoms with E-state index in [0.29, 0.717) is 28.2 Å². The van der Waals surface area contributed by atoms with Crippen molar-refractivity contribution in [2.45, 2.75) is 19.3 Å². The molecule has 104 valence electrons. The van der Waals surface area contributed by atoms with Gasteiger partial charge in [-0.05, 0) is 37.3 Å². The molecule has 1 unspecified atom stereocenters. The van der Waals surface area contributed by atoms with E-state index in [1.807, 2.05) is 12.1 Å². The first kappa shape index (κ1) is 13.3. The quantitative estimate of drug-likeness (QED) is 0.677. The number of hydrogen-bond acceptors (Lipinski definition) is 3. The molecule has 0 fully saturated rings. The van der Waals surface area contributed by atoms with Gasteiger partial charge in [-0.3, -0.25) is 4.79 Å². The van der Waals surface area contributed by atoms with Crippen molar-refractivity contribution in [2.75, 3.05) is 0 Å². The van der Waals surface area contributed by atoms with Gasteiger partial charge >= 0.3 is 0 Å². The molecule has 3 rings (SSSR count). The van der Waals surface area contributed by atoms with Gasteiger partial charge in [-0.1, -0.05) is 30.4 Å². The molecule has 1 N–H and O–H groups in total. The Morgan fingerprint density at radius 2 is 2.24 bits per heavy atom. The molecular formula is C17H15N3O. The molecule has 0 bridgehead atoms. The van der Waals surface area contributed by atoms with E-state index in [1.54, 1.807) is 18.2 Å². The number of para-hydroxylation sites is 1. The molecule has 0 amide bonds. The monoisotopic (exact) mass is 277 g/mol. The Labute approximate surface area is 122 Å². The summed E-state index contributed by atoms with van der Waals surface area (Å²) in [5, 5.41) is 9.92. The number of fused-ring (bicyclic) bond motifs is 1. The molecule has 21 heavy (non-hydrogen) atoms. The average Bonchev–Trinajstić information content (AvgIpc) is 2.53. The van der Waals surface area contributed by atoms with E-state index in [-0.39, 0.29) is 5.56 Å². The Morgan fingerprint density at radius 3 is 3.00 bits per heavy atom. The van der Waals surface area contributed by atoms with Gasteiger partial charge in [0.15, 0.2) is 5.82 Å². The fraction of sp³-hybridized carbons (Fsp3) is 0.235. The normalized spacial score (nSPS) is 18.6. The van der Waals surface area contributed by atoms with Crippen LogP contribution >= 0.6 is 0 Å². The summed E-state index contributed by atoms with van der Waals surface area (Å²) in [5.41, 5.74) is 0.847. The lowest BCUT2D eigenvalue weighted by Crippen LogP contribution is -2.11. The van der Waals surface area contributed by atoms with Crippen molar-refractivity contribution in [3.8, 4) is 6.07 Å². The maximum Gasteiger partial charge on any atom is 0.259 e. The third kappa shape index (κ3) is 2.77. The minimum Gasteiger partial charge on any atom is -0.305 e. The lowest BCUT2D eigenvalue weighted by Gasteiger charge is -2.13. The van der Waals surface area contributed by atoms with Crippen LogP contribution in [0, 0.1) is 17.2 Å². The van der Waals surface area contributed by atoms with Crippen LogP contribution in [-0.2, 0) is 0 Å². The second kappa shape index (κ2) is 5.76. The smallest absolute Gasteiger partial charge is 0.259 e. The molecule has 0 aliphatic heterocycles. The number of allylic oxidation sites excluding steroid dienone is 4. The molecule has 0 radical (unpaired) electrons. The Kier molecular flexibility index (Phi) is 3.65. The van der Waals surface area contributed by atoms with Gasteiger partial charge in [0.25, 0.3) is 5.56 Å². The number of nitrogens with one attached hydrogen (secondary N) is 1. The highest BCUT2D eigenvalue weighted by Gasteiger charge is 2.12. The molecule has 0 spiro atoms. The standard InChI is InChI=1S/C17H15N3O/c18-11-13(10-12-6-2-1-3-7-12)16-19-15-9-5-4-8-14(15)17(21)20-16/h1-2,4-5,8-10,12H,3,6-7H2,(H,19,20,21)/b13-10-. The maximum absolute atomic E-state index is 12.1. The van der Waals surface area contributed by atoms with Crippen LogP contribution in [0.4, 0.5) is 0 Å². The highest BCUT2D eigenvalue weighted by atomic mass is 16.1. The second-order valence-electron chi connectivity index (χ2n) is 5.17. The number of nitrogens with zero attached hydrogens (tertiary/aromatic N) is 2. The Bertz CT molecular complexity index is 824. The van der Waals surface area contributed by atoms with Crippen molar-refractivity contribution in [3.63, 3.8) is 0 Å². The fourth-order valence-electron chi connectivity index (χ4n) is 2.59. The van der Waals surface area contributed by atoms with Crippen molar-refractivity contribution in [1.82, 2.24) is 9.97 Å². The highest BCUT2D eigenvalue weighted by Crippen LogP contribution is 2.23. The lowest BCUT2D eigenvalue weighted by atomic mass is 9.92. The van der Waals surface area contributed by atoms with Crippen molar-refractivity contribution in [3.05, 3.63) is 58.7 Å². The second-order valence-corrected chi connectivity index (χ2v) is 5.17. The van der Waals surface area contributed by atoms with E-state index in [9.17, 15) is 10.1 Å². The van der Waals surface area contributed by atoms with Crippen LogP contribution in [0.1, 0.15) is 25.1 Å². The summed E-state index contributed by atoms with van der Waals surface area (Å²) in [6.07, 6.45) is 9.21. The number of hydrogen-bond donors (Lipinski definition) is 1.